The number of rotatable bonds is 5. The van der Waals surface area contributed by atoms with Crippen LogP contribution in [0.5, 0.6) is 0 Å². The number of nitrogens with one attached hydrogen (secondary N) is 1. The zero-order valence-electron chi connectivity index (χ0n) is 19.7. The van der Waals surface area contributed by atoms with Crippen molar-refractivity contribution in [1.29, 1.82) is 0 Å². The van der Waals surface area contributed by atoms with E-state index >= 15 is 0 Å². The molecule has 7 rings (SSSR count). The number of carbonyl (C=O) groups is 1. The minimum absolute atomic E-state index is 0.0558. The number of halogens is 1. The molecule has 1 aromatic carbocycles. The van der Waals surface area contributed by atoms with Crippen molar-refractivity contribution in [3.05, 3.63) is 71.3 Å². The Bertz CT molecular complexity index is 1520. The van der Waals surface area contributed by atoms with E-state index in [9.17, 15) is 9.18 Å². The van der Waals surface area contributed by atoms with Crippen molar-refractivity contribution >= 4 is 11.7 Å². The molecule has 0 atom stereocenters. The number of aromatic nitrogens is 6. The van der Waals surface area contributed by atoms with E-state index in [2.05, 4.69) is 30.0 Å². The number of hydrogen-bond acceptors (Lipinski definition) is 6. The number of anilines is 1. The maximum Gasteiger partial charge on any atom is 0.259 e. The summed E-state index contributed by atoms with van der Waals surface area (Å²) in [6, 6.07) is 8.24. The number of benzene rings is 1. The fourth-order valence-corrected chi connectivity index (χ4v) is 5.12. The molecule has 1 amide bonds. The fourth-order valence-electron chi connectivity index (χ4n) is 5.12. The first-order valence-corrected chi connectivity index (χ1v) is 12.1. The van der Waals surface area contributed by atoms with Crippen LogP contribution in [0.15, 0.2) is 42.9 Å². The predicted octanol–water partition coefficient (Wildman–Crippen LogP) is 3.68. The molecule has 1 spiro atoms. The number of pyridine rings is 1. The fraction of sp³-hybridized carbons (Fsp3) is 0.346. The Morgan fingerprint density at radius 2 is 2.08 bits per heavy atom. The molecule has 182 valence electrons. The molecular weight excluding hydrogens is 461 g/mol. The molecule has 2 aliphatic heterocycles. The Labute approximate surface area is 206 Å². The van der Waals surface area contributed by atoms with Gasteiger partial charge in [-0.1, -0.05) is 6.07 Å². The van der Waals surface area contributed by atoms with Crippen molar-refractivity contribution in [2.45, 2.75) is 38.6 Å². The van der Waals surface area contributed by atoms with Crippen LogP contribution in [0.2, 0.25) is 0 Å². The monoisotopic (exact) mass is 485 g/mol. The van der Waals surface area contributed by atoms with Gasteiger partial charge in [-0.2, -0.15) is 0 Å². The highest BCUT2D eigenvalue weighted by atomic mass is 19.1. The molecule has 3 aliphatic rings. The molecule has 9 nitrogen and oxygen atoms in total. The molecule has 1 aliphatic carbocycles. The van der Waals surface area contributed by atoms with Crippen molar-refractivity contribution in [2.75, 3.05) is 18.5 Å². The number of aryl methyl sites for hydroxylation is 1. The van der Waals surface area contributed by atoms with Gasteiger partial charge in [0.15, 0.2) is 5.82 Å². The van der Waals surface area contributed by atoms with E-state index in [1.54, 1.807) is 24.5 Å². The van der Waals surface area contributed by atoms with Crippen LogP contribution >= 0.6 is 0 Å². The Kier molecular flexibility index (Phi) is 4.62. The highest BCUT2D eigenvalue weighted by molar-refractivity contribution is 6.04. The van der Waals surface area contributed by atoms with E-state index in [4.69, 9.17) is 4.74 Å². The maximum absolute atomic E-state index is 14.9. The first-order chi connectivity index (χ1) is 17.5. The van der Waals surface area contributed by atoms with Gasteiger partial charge < -0.3 is 19.2 Å². The van der Waals surface area contributed by atoms with Gasteiger partial charge in [0.1, 0.15) is 23.2 Å². The van der Waals surface area contributed by atoms with Crippen LogP contribution < -0.4 is 5.32 Å². The third-order valence-electron chi connectivity index (χ3n) is 7.30. The maximum atomic E-state index is 14.9. The van der Waals surface area contributed by atoms with Crippen molar-refractivity contribution < 1.29 is 13.9 Å². The Morgan fingerprint density at radius 3 is 2.86 bits per heavy atom. The number of carbonyl (C=O) groups excluding carboxylic acids is 1. The van der Waals surface area contributed by atoms with Gasteiger partial charge in [0, 0.05) is 30.5 Å². The first kappa shape index (κ1) is 21.4. The molecule has 5 heterocycles. The molecule has 0 radical (unpaired) electrons. The van der Waals surface area contributed by atoms with Gasteiger partial charge in [-0.15, -0.1) is 10.2 Å². The number of ether oxygens (including phenoxy) is 1. The normalized spacial score (nSPS) is 17.7. The molecular formula is C26H24FN7O2. The van der Waals surface area contributed by atoms with E-state index in [0.717, 1.165) is 61.8 Å². The minimum Gasteiger partial charge on any atom is -0.380 e. The number of amides is 1. The molecule has 0 bridgehead atoms. The Balaban J connectivity index is 1.15. The Morgan fingerprint density at radius 1 is 1.22 bits per heavy atom. The second-order valence-corrected chi connectivity index (χ2v) is 10.2. The summed E-state index contributed by atoms with van der Waals surface area (Å²) in [6.45, 7) is 4.06. The summed E-state index contributed by atoms with van der Waals surface area (Å²) in [5.74, 6) is 1.24. The lowest BCUT2D eigenvalue weighted by Crippen LogP contribution is -2.43. The van der Waals surface area contributed by atoms with Gasteiger partial charge in [0.2, 0.25) is 0 Å². The highest BCUT2D eigenvalue weighted by Gasteiger charge is 2.46. The lowest BCUT2D eigenvalue weighted by atomic mass is 9.85. The van der Waals surface area contributed by atoms with Gasteiger partial charge in [-0.25, -0.2) is 14.4 Å². The molecule has 1 saturated carbocycles. The van der Waals surface area contributed by atoms with Gasteiger partial charge in [-0.3, -0.25) is 4.79 Å². The van der Waals surface area contributed by atoms with E-state index in [0.29, 0.717) is 23.3 Å². The SMILES string of the molecule is Cc1cc(F)c(C(=O)Nc2cccc(-c3nnc4n3CC3(COC3)C4)n2)cc1-n1cnc(C2CC2)c1. The molecule has 10 heteroatoms. The summed E-state index contributed by atoms with van der Waals surface area (Å²) in [5, 5.41) is 11.4. The highest BCUT2D eigenvalue weighted by Crippen LogP contribution is 2.40. The van der Waals surface area contributed by atoms with Crippen molar-refractivity contribution in [2.24, 2.45) is 5.41 Å². The van der Waals surface area contributed by atoms with Crippen molar-refractivity contribution in [3.63, 3.8) is 0 Å². The predicted molar refractivity (Wildman–Crippen MR) is 128 cm³/mol. The van der Waals surface area contributed by atoms with Crippen molar-refractivity contribution in [3.8, 4) is 17.2 Å². The van der Waals surface area contributed by atoms with Crippen molar-refractivity contribution in [1.82, 2.24) is 29.3 Å². The summed E-state index contributed by atoms with van der Waals surface area (Å²) in [7, 11) is 0. The number of fused-ring (bicyclic) bond motifs is 1. The smallest absolute Gasteiger partial charge is 0.259 e. The molecule has 4 aromatic rings. The van der Waals surface area contributed by atoms with Crippen LogP contribution in [0.4, 0.5) is 10.2 Å². The zero-order chi connectivity index (χ0) is 24.4. The lowest BCUT2D eigenvalue weighted by molar-refractivity contribution is -0.111. The lowest BCUT2D eigenvalue weighted by Gasteiger charge is -2.37. The number of imidazole rings is 1. The standard InChI is InChI=1S/C26H24FN7O2/c1-15-7-18(27)17(8-21(15)33-10-20(28-14-33)16-5-6-16)25(35)30-22-4-2-3-19(29-22)24-32-31-23-9-26(11-34(23)24)12-36-13-26/h2-4,7-8,10,14,16H,5-6,9,11-13H2,1H3,(H,29,30,35). The van der Waals surface area contributed by atoms with Gasteiger partial charge in [0.25, 0.3) is 5.91 Å². The van der Waals surface area contributed by atoms with Crippen LogP contribution in [-0.4, -0.2) is 48.4 Å². The molecule has 0 unspecified atom stereocenters. The third kappa shape index (κ3) is 3.51. The second kappa shape index (κ2) is 7.79. The minimum atomic E-state index is -0.587. The number of nitrogens with zero attached hydrogens (tertiary/aromatic N) is 6. The van der Waals surface area contributed by atoms with Crippen LogP contribution in [0.25, 0.3) is 17.2 Å². The van der Waals surface area contributed by atoms with Gasteiger partial charge in [-0.05, 0) is 49.6 Å². The third-order valence-corrected chi connectivity index (χ3v) is 7.30. The summed E-state index contributed by atoms with van der Waals surface area (Å²) in [4.78, 5) is 22.2. The van der Waals surface area contributed by atoms with Crippen LogP contribution in [0.3, 0.4) is 0 Å². The Hall–Kier alpha value is -3.92. The van der Waals surface area contributed by atoms with E-state index in [1.165, 1.54) is 6.07 Å². The second-order valence-electron chi connectivity index (χ2n) is 10.2. The summed E-state index contributed by atoms with van der Waals surface area (Å²) in [5.41, 5.74) is 3.12. The van der Waals surface area contributed by atoms with Crippen LogP contribution in [0.1, 0.15) is 46.2 Å². The summed E-state index contributed by atoms with van der Waals surface area (Å²) < 4.78 is 24.2. The topological polar surface area (TPSA) is 99.8 Å². The average molecular weight is 486 g/mol. The average Bonchev–Trinajstić information content (AvgIpc) is 3.25. The largest absolute Gasteiger partial charge is 0.380 e. The van der Waals surface area contributed by atoms with Crippen LogP contribution in [-0.2, 0) is 17.7 Å². The van der Waals surface area contributed by atoms with Gasteiger partial charge in [0.05, 0.1) is 36.5 Å². The molecule has 3 aromatic heterocycles. The molecule has 1 saturated heterocycles. The molecule has 2 fully saturated rings. The van der Waals surface area contributed by atoms with E-state index < -0.39 is 11.7 Å². The van der Waals surface area contributed by atoms with E-state index in [1.807, 2.05) is 23.8 Å². The summed E-state index contributed by atoms with van der Waals surface area (Å²) in [6.07, 6.45) is 6.81. The first-order valence-electron chi connectivity index (χ1n) is 12.1. The molecule has 1 N–H and O–H groups in total. The van der Waals surface area contributed by atoms with Gasteiger partial charge >= 0.3 is 0 Å². The molecule has 36 heavy (non-hydrogen) atoms. The van der Waals surface area contributed by atoms with E-state index in [-0.39, 0.29) is 11.0 Å². The number of hydrogen-bond donors (Lipinski definition) is 1. The quantitative estimate of drug-likeness (QED) is 0.463. The summed E-state index contributed by atoms with van der Waals surface area (Å²) >= 11 is 0. The van der Waals surface area contributed by atoms with Crippen LogP contribution in [0, 0.1) is 18.2 Å². The zero-order valence-corrected chi connectivity index (χ0v) is 19.7.